The Morgan fingerprint density at radius 1 is 0.750 bits per heavy atom. The molecule has 28 heavy (non-hydrogen) atoms. The highest BCUT2D eigenvalue weighted by atomic mass is 32.2. The molecular formula is C25H25O2S+. The van der Waals surface area contributed by atoms with E-state index >= 15 is 0 Å². The third-order valence-corrected chi connectivity index (χ3v) is 7.79. The molecular weight excluding hydrogens is 364 g/mol. The highest BCUT2D eigenvalue weighted by Crippen LogP contribution is 2.36. The van der Waals surface area contributed by atoms with Crippen molar-refractivity contribution >= 4 is 16.9 Å². The molecule has 1 N–H and O–H groups in total. The summed E-state index contributed by atoms with van der Waals surface area (Å²) in [4.78, 5) is 15.0. The highest BCUT2D eigenvalue weighted by molar-refractivity contribution is 7.97. The number of hydrogen-bond donors (Lipinski definition) is 1. The summed E-state index contributed by atoms with van der Waals surface area (Å²) in [5, 5.41) is 9.73. The molecule has 142 valence electrons. The number of hydrogen-bond acceptors (Lipinski definition) is 1. The Labute approximate surface area is 169 Å². The van der Waals surface area contributed by atoms with Crippen LogP contribution in [0.5, 0.6) is 0 Å². The van der Waals surface area contributed by atoms with Gasteiger partial charge >= 0.3 is 5.97 Å². The third-order valence-electron chi connectivity index (χ3n) is 5.51. The largest absolute Gasteiger partial charge is 0.478 e. The molecule has 3 aromatic rings. The summed E-state index contributed by atoms with van der Waals surface area (Å²) in [7, 11) is -0.441. The predicted octanol–water partition coefficient (Wildman–Crippen LogP) is 6.53. The summed E-state index contributed by atoms with van der Waals surface area (Å²) < 4.78 is 0. The summed E-state index contributed by atoms with van der Waals surface area (Å²) in [6, 6.07) is 26.6. The van der Waals surface area contributed by atoms with Crippen molar-refractivity contribution in [2.45, 2.75) is 52.7 Å². The zero-order chi connectivity index (χ0) is 19.3. The van der Waals surface area contributed by atoms with E-state index in [9.17, 15) is 9.90 Å². The van der Waals surface area contributed by atoms with E-state index in [1.165, 1.54) is 42.6 Å². The van der Waals surface area contributed by atoms with Gasteiger partial charge < -0.3 is 5.11 Å². The Morgan fingerprint density at radius 3 is 2.04 bits per heavy atom. The number of carboxylic acids is 1. The van der Waals surface area contributed by atoms with Gasteiger partial charge in [0.05, 0.1) is 0 Å². The van der Waals surface area contributed by atoms with Gasteiger partial charge in [-0.25, -0.2) is 4.79 Å². The van der Waals surface area contributed by atoms with Crippen molar-refractivity contribution in [3.05, 3.63) is 90.0 Å². The van der Waals surface area contributed by atoms with Crippen molar-refractivity contribution in [2.24, 2.45) is 0 Å². The topological polar surface area (TPSA) is 37.3 Å². The minimum absolute atomic E-state index is 0.381. The summed E-state index contributed by atoms with van der Waals surface area (Å²) in [6.45, 7) is 0. The monoisotopic (exact) mass is 389 g/mol. The smallest absolute Gasteiger partial charge is 0.340 e. The molecule has 3 aromatic carbocycles. The molecule has 1 atom stereocenters. The van der Waals surface area contributed by atoms with Crippen molar-refractivity contribution in [1.29, 1.82) is 0 Å². The number of aromatic carboxylic acids is 1. The quantitative estimate of drug-likeness (QED) is 0.504. The fourth-order valence-electron chi connectivity index (χ4n) is 4.08. The molecule has 4 rings (SSSR count). The molecule has 0 spiro atoms. The van der Waals surface area contributed by atoms with Crippen LogP contribution >= 0.6 is 0 Å². The minimum atomic E-state index is -0.872. The second-order valence-electron chi connectivity index (χ2n) is 7.32. The normalized spacial score (nSPS) is 15.9. The standard InChI is InChI=1S/C25H24O2S/c26-25(27)23-13-7-8-14-24(23)28(21-11-5-2-6-12-21)22-17-15-20(16-18-22)19-9-3-1-4-10-19/h2,5-8,11-19H,1,3-4,9-10H2/p+1. The van der Waals surface area contributed by atoms with Crippen molar-refractivity contribution in [3.63, 3.8) is 0 Å². The Bertz CT molecular complexity index is 928. The fourth-order valence-corrected chi connectivity index (χ4v) is 6.29. The first-order valence-electron chi connectivity index (χ1n) is 9.95. The first kappa shape index (κ1) is 18.8. The maximum absolute atomic E-state index is 11.9. The van der Waals surface area contributed by atoms with E-state index < -0.39 is 16.9 Å². The van der Waals surface area contributed by atoms with Gasteiger partial charge in [0.2, 0.25) is 0 Å². The van der Waals surface area contributed by atoms with E-state index in [1.54, 1.807) is 12.1 Å². The molecule has 0 radical (unpaired) electrons. The van der Waals surface area contributed by atoms with Crippen LogP contribution < -0.4 is 0 Å². The van der Waals surface area contributed by atoms with Crippen LogP contribution in [-0.2, 0) is 10.9 Å². The SMILES string of the molecule is O=C(O)c1ccccc1[S+](c1ccccc1)c1ccc(C2CCCCC2)cc1. The number of rotatable bonds is 5. The summed E-state index contributed by atoms with van der Waals surface area (Å²) in [6.07, 6.45) is 6.58. The first-order chi connectivity index (χ1) is 13.7. The van der Waals surface area contributed by atoms with Gasteiger partial charge in [0.1, 0.15) is 16.5 Å². The zero-order valence-electron chi connectivity index (χ0n) is 15.9. The molecule has 0 bridgehead atoms. The lowest BCUT2D eigenvalue weighted by Gasteiger charge is -2.22. The molecule has 1 fully saturated rings. The van der Waals surface area contributed by atoms with E-state index in [1.807, 2.05) is 30.3 Å². The van der Waals surface area contributed by atoms with Gasteiger partial charge in [-0.15, -0.1) is 0 Å². The van der Waals surface area contributed by atoms with Crippen LogP contribution in [0.25, 0.3) is 0 Å². The number of carboxylic acid groups (broad SMARTS) is 1. The molecule has 0 saturated heterocycles. The van der Waals surface area contributed by atoms with E-state index in [0.717, 1.165) is 9.79 Å². The fraction of sp³-hybridized carbons (Fsp3) is 0.240. The average Bonchev–Trinajstić information content (AvgIpc) is 2.76. The third kappa shape index (κ3) is 4.00. The lowest BCUT2D eigenvalue weighted by atomic mass is 9.84. The van der Waals surface area contributed by atoms with Crippen molar-refractivity contribution in [3.8, 4) is 0 Å². The van der Waals surface area contributed by atoms with Gasteiger partial charge in [-0.2, -0.15) is 0 Å². The predicted molar refractivity (Wildman–Crippen MR) is 114 cm³/mol. The molecule has 0 amide bonds. The molecule has 0 aliphatic heterocycles. The molecule has 1 unspecified atom stereocenters. The Balaban J connectivity index is 1.76. The van der Waals surface area contributed by atoms with Crippen LogP contribution in [0.4, 0.5) is 0 Å². The lowest BCUT2D eigenvalue weighted by Crippen LogP contribution is -2.11. The van der Waals surface area contributed by atoms with Gasteiger partial charge in [0.25, 0.3) is 0 Å². The summed E-state index contributed by atoms with van der Waals surface area (Å²) in [5.74, 6) is -0.199. The average molecular weight is 390 g/mol. The van der Waals surface area contributed by atoms with Crippen LogP contribution in [0.2, 0.25) is 0 Å². The molecule has 0 heterocycles. The van der Waals surface area contributed by atoms with E-state index in [2.05, 4.69) is 36.4 Å². The summed E-state index contributed by atoms with van der Waals surface area (Å²) >= 11 is 0. The summed E-state index contributed by atoms with van der Waals surface area (Å²) in [5.41, 5.74) is 1.80. The number of carbonyl (C=O) groups is 1. The Kier molecular flexibility index (Phi) is 5.82. The lowest BCUT2D eigenvalue weighted by molar-refractivity contribution is 0.0693. The van der Waals surface area contributed by atoms with E-state index in [0.29, 0.717) is 11.5 Å². The second-order valence-corrected chi connectivity index (χ2v) is 9.32. The van der Waals surface area contributed by atoms with Crippen molar-refractivity contribution in [1.82, 2.24) is 0 Å². The maximum Gasteiger partial charge on any atom is 0.340 e. The van der Waals surface area contributed by atoms with Crippen LogP contribution in [0, 0.1) is 0 Å². The molecule has 1 saturated carbocycles. The highest BCUT2D eigenvalue weighted by Gasteiger charge is 2.33. The van der Waals surface area contributed by atoms with Crippen LogP contribution in [0.1, 0.15) is 53.9 Å². The molecule has 3 heteroatoms. The Morgan fingerprint density at radius 2 is 1.36 bits per heavy atom. The van der Waals surface area contributed by atoms with Crippen LogP contribution in [0.3, 0.4) is 0 Å². The Hall–Kier alpha value is -2.52. The first-order valence-corrected chi connectivity index (χ1v) is 11.2. The molecule has 1 aliphatic carbocycles. The van der Waals surface area contributed by atoms with Gasteiger partial charge in [-0.1, -0.05) is 61.7 Å². The van der Waals surface area contributed by atoms with E-state index in [4.69, 9.17) is 0 Å². The maximum atomic E-state index is 11.9. The molecule has 1 aliphatic rings. The second kappa shape index (κ2) is 8.66. The van der Waals surface area contributed by atoms with Crippen LogP contribution in [-0.4, -0.2) is 11.1 Å². The van der Waals surface area contributed by atoms with E-state index in [-0.39, 0.29) is 0 Å². The van der Waals surface area contributed by atoms with Crippen LogP contribution in [0.15, 0.2) is 93.5 Å². The minimum Gasteiger partial charge on any atom is -0.478 e. The molecule has 2 nitrogen and oxygen atoms in total. The van der Waals surface area contributed by atoms with Gasteiger partial charge in [0, 0.05) is 0 Å². The molecule has 0 aromatic heterocycles. The van der Waals surface area contributed by atoms with Gasteiger partial charge in [-0.05, 0) is 60.7 Å². The van der Waals surface area contributed by atoms with Gasteiger partial charge in [0.15, 0.2) is 14.7 Å². The zero-order valence-corrected chi connectivity index (χ0v) is 16.7. The number of benzene rings is 3. The van der Waals surface area contributed by atoms with Crippen molar-refractivity contribution in [2.75, 3.05) is 0 Å². The van der Waals surface area contributed by atoms with Crippen molar-refractivity contribution < 1.29 is 9.90 Å². The van der Waals surface area contributed by atoms with Gasteiger partial charge in [-0.3, -0.25) is 0 Å².